The molecule has 1 N–H and O–H groups in total. The van der Waals surface area contributed by atoms with Crippen molar-refractivity contribution in [2.24, 2.45) is 5.92 Å². The molecular weight excluding hydrogens is 402 g/mol. The number of aromatic nitrogens is 3. The van der Waals surface area contributed by atoms with Gasteiger partial charge in [-0.05, 0) is 36.2 Å². The Hall–Kier alpha value is -3.19. The van der Waals surface area contributed by atoms with Crippen molar-refractivity contribution in [3.05, 3.63) is 71.8 Å². The first-order chi connectivity index (χ1) is 15.6. The van der Waals surface area contributed by atoms with Gasteiger partial charge in [-0.25, -0.2) is 0 Å². The monoisotopic (exact) mass is 433 g/mol. The van der Waals surface area contributed by atoms with Crippen LogP contribution in [0, 0.1) is 5.92 Å². The van der Waals surface area contributed by atoms with Crippen LogP contribution in [-0.4, -0.2) is 38.7 Å². The SMILES string of the molecule is CCC(C)C(=O)NCc1nnc2n1CCN(Cc1cccc(Oc3ccccc3)c1)CC2. The number of para-hydroxylation sites is 1. The maximum absolute atomic E-state index is 12.1. The van der Waals surface area contributed by atoms with Gasteiger partial charge in [0.15, 0.2) is 5.82 Å². The number of carbonyl (C=O) groups is 1. The van der Waals surface area contributed by atoms with E-state index in [4.69, 9.17) is 4.74 Å². The molecule has 168 valence electrons. The maximum atomic E-state index is 12.1. The van der Waals surface area contributed by atoms with E-state index in [1.807, 2.05) is 56.3 Å². The molecule has 0 bridgehead atoms. The molecule has 1 aliphatic heterocycles. The largest absolute Gasteiger partial charge is 0.457 e. The average Bonchev–Trinajstić information content (AvgIpc) is 3.10. The molecule has 0 spiro atoms. The van der Waals surface area contributed by atoms with Crippen LogP contribution in [-0.2, 0) is 30.8 Å². The molecule has 0 aliphatic carbocycles. The van der Waals surface area contributed by atoms with Crippen LogP contribution in [0.3, 0.4) is 0 Å². The highest BCUT2D eigenvalue weighted by Gasteiger charge is 2.20. The van der Waals surface area contributed by atoms with Crippen molar-refractivity contribution in [3.8, 4) is 11.5 Å². The highest BCUT2D eigenvalue weighted by Crippen LogP contribution is 2.23. The van der Waals surface area contributed by atoms with E-state index >= 15 is 0 Å². The fraction of sp³-hybridized carbons (Fsp3) is 0.400. The predicted molar refractivity (Wildman–Crippen MR) is 123 cm³/mol. The minimum Gasteiger partial charge on any atom is -0.457 e. The summed E-state index contributed by atoms with van der Waals surface area (Å²) in [5, 5.41) is 11.7. The van der Waals surface area contributed by atoms with Crippen LogP contribution in [0.15, 0.2) is 54.6 Å². The first-order valence-corrected chi connectivity index (χ1v) is 11.3. The Labute approximate surface area is 189 Å². The number of rotatable bonds is 8. The predicted octanol–water partition coefficient (Wildman–Crippen LogP) is 3.79. The average molecular weight is 434 g/mol. The smallest absolute Gasteiger partial charge is 0.223 e. The number of nitrogens with one attached hydrogen (secondary N) is 1. The molecule has 0 fully saturated rings. The van der Waals surface area contributed by atoms with Crippen molar-refractivity contribution in [2.75, 3.05) is 13.1 Å². The third kappa shape index (κ3) is 5.53. The van der Waals surface area contributed by atoms with Crippen molar-refractivity contribution in [2.45, 2.75) is 46.3 Å². The first-order valence-electron chi connectivity index (χ1n) is 11.3. The van der Waals surface area contributed by atoms with Crippen molar-refractivity contribution in [1.82, 2.24) is 25.0 Å². The lowest BCUT2D eigenvalue weighted by molar-refractivity contribution is -0.124. The van der Waals surface area contributed by atoms with Gasteiger partial charge in [-0.3, -0.25) is 9.69 Å². The Morgan fingerprint density at radius 2 is 1.88 bits per heavy atom. The van der Waals surface area contributed by atoms with Gasteiger partial charge in [0.05, 0.1) is 6.54 Å². The molecule has 1 unspecified atom stereocenters. The number of ether oxygens (including phenoxy) is 1. The molecule has 1 atom stereocenters. The summed E-state index contributed by atoms with van der Waals surface area (Å²) in [5.74, 6) is 3.58. The minimum absolute atomic E-state index is 0.0126. The highest BCUT2D eigenvalue weighted by molar-refractivity contribution is 5.78. The number of carbonyl (C=O) groups excluding carboxylic acids is 1. The Morgan fingerprint density at radius 3 is 2.69 bits per heavy atom. The van der Waals surface area contributed by atoms with Gasteiger partial charge in [-0.15, -0.1) is 10.2 Å². The Morgan fingerprint density at radius 1 is 1.06 bits per heavy atom. The van der Waals surface area contributed by atoms with E-state index in [0.717, 1.165) is 62.2 Å². The minimum atomic E-state index is 0.0126. The summed E-state index contributed by atoms with van der Waals surface area (Å²) in [7, 11) is 0. The second-order valence-corrected chi connectivity index (χ2v) is 8.30. The van der Waals surface area contributed by atoms with Crippen molar-refractivity contribution < 1.29 is 9.53 Å². The maximum Gasteiger partial charge on any atom is 0.223 e. The van der Waals surface area contributed by atoms with Gasteiger partial charge in [-0.2, -0.15) is 0 Å². The quantitative estimate of drug-likeness (QED) is 0.585. The van der Waals surface area contributed by atoms with Gasteiger partial charge in [0.1, 0.15) is 17.3 Å². The summed E-state index contributed by atoms with van der Waals surface area (Å²) in [5.41, 5.74) is 1.22. The molecule has 32 heavy (non-hydrogen) atoms. The second-order valence-electron chi connectivity index (χ2n) is 8.30. The van der Waals surface area contributed by atoms with E-state index in [1.54, 1.807) is 0 Å². The van der Waals surface area contributed by atoms with Gasteiger partial charge in [0.2, 0.25) is 5.91 Å². The van der Waals surface area contributed by atoms with E-state index in [1.165, 1.54) is 5.56 Å². The van der Waals surface area contributed by atoms with Crippen molar-refractivity contribution in [1.29, 1.82) is 0 Å². The third-order valence-electron chi connectivity index (χ3n) is 5.96. The second kappa shape index (κ2) is 10.4. The molecule has 2 aromatic carbocycles. The van der Waals surface area contributed by atoms with E-state index < -0.39 is 0 Å². The summed E-state index contributed by atoms with van der Waals surface area (Å²) in [4.78, 5) is 14.5. The lowest BCUT2D eigenvalue weighted by Crippen LogP contribution is -2.30. The Bertz CT molecular complexity index is 1030. The van der Waals surface area contributed by atoms with Crippen LogP contribution < -0.4 is 10.1 Å². The molecule has 0 saturated heterocycles. The number of amides is 1. The van der Waals surface area contributed by atoms with E-state index in [0.29, 0.717) is 6.54 Å². The van der Waals surface area contributed by atoms with Crippen LogP contribution >= 0.6 is 0 Å². The molecule has 1 aliphatic rings. The molecule has 1 amide bonds. The molecule has 2 heterocycles. The van der Waals surface area contributed by atoms with Crippen LogP contribution in [0.1, 0.15) is 37.5 Å². The van der Waals surface area contributed by atoms with Gasteiger partial charge in [0.25, 0.3) is 0 Å². The summed E-state index contributed by atoms with van der Waals surface area (Å²) in [6, 6.07) is 18.1. The zero-order valence-electron chi connectivity index (χ0n) is 18.8. The first kappa shape index (κ1) is 22.0. The van der Waals surface area contributed by atoms with E-state index in [-0.39, 0.29) is 11.8 Å². The molecule has 7 nitrogen and oxygen atoms in total. The lowest BCUT2D eigenvalue weighted by atomic mass is 10.1. The number of hydrogen-bond acceptors (Lipinski definition) is 5. The van der Waals surface area contributed by atoms with Crippen molar-refractivity contribution in [3.63, 3.8) is 0 Å². The molecule has 1 aromatic heterocycles. The molecule has 3 aromatic rings. The van der Waals surface area contributed by atoms with Crippen LogP contribution in [0.4, 0.5) is 0 Å². The number of hydrogen-bond donors (Lipinski definition) is 1. The highest BCUT2D eigenvalue weighted by atomic mass is 16.5. The number of fused-ring (bicyclic) bond motifs is 1. The van der Waals surface area contributed by atoms with Gasteiger partial charge in [-0.1, -0.05) is 44.2 Å². The molecule has 0 saturated carbocycles. The Kier molecular flexibility index (Phi) is 7.17. The Balaban J connectivity index is 1.35. The van der Waals surface area contributed by atoms with Crippen molar-refractivity contribution >= 4 is 5.91 Å². The van der Waals surface area contributed by atoms with Gasteiger partial charge < -0.3 is 14.6 Å². The van der Waals surface area contributed by atoms with Crippen LogP contribution in [0.25, 0.3) is 0 Å². The molecular formula is C25H31N5O2. The lowest BCUT2D eigenvalue weighted by Gasteiger charge is -2.20. The molecule has 7 heteroatoms. The summed E-state index contributed by atoms with van der Waals surface area (Å²) in [6.45, 7) is 7.88. The fourth-order valence-electron chi connectivity index (χ4n) is 3.83. The van der Waals surface area contributed by atoms with E-state index in [9.17, 15) is 4.79 Å². The topological polar surface area (TPSA) is 72.3 Å². The van der Waals surface area contributed by atoms with Gasteiger partial charge >= 0.3 is 0 Å². The zero-order valence-corrected chi connectivity index (χ0v) is 18.8. The third-order valence-corrected chi connectivity index (χ3v) is 5.96. The van der Waals surface area contributed by atoms with Crippen LogP contribution in [0.5, 0.6) is 11.5 Å². The van der Waals surface area contributed by atoms with Crippen LogP contribution in [0.2, 0.25) is 0 Å². The molecule has 0 radical (unpaired) electrons. The molecule has 4 rings (SSSR count). The standard InChI is InChI=1S/C25H31N5O2/c1-3-19(2)25(31)26-17-24-28-27-23-12-13-29(14-15-30(23)24)18-20-8-7-11-22(16-20)32-21-9-5-4-6-10-21/h4-11,16,19H,3,12-15,17-18H2,1-2H3,(H,26,31). The number of benzene rings is 2. The summed E-state index contributed by atoms with van der Waals surface area (Å²) in [6.07, 6.45) is 1.67. The van der Waals surface area contributed by atoms with Gasteiger partial charge in [0, 0.05) is 38.5 Å². The fourth-order valence-corrected chi connectivity index (χ4v) is 3.83. The summed E-state index contributed by atoms with van der Waals surface area (Å²) < 4.78 is 8.14. The summed E-state index contributed by atoms with van der Waals surface area (Å²) >= 11 is 0. The van der Waals surface area contributed by atoms with E-state index in [2.05, 4.69) is 37.1 Å². The normalized spacial score (nSPS) is 14.9. The zero-order chi connectivity index (χ0) is 22.3. The number of nitrogens with zero attached hydrogens (tertiary/aromatic N) is 4.